The topological polar surface area (TPSA) is 38.7 Å². The molecule has 16 heavy (non-hydrogen) atoms. The molecule has 88 valence electrons. The van der Waals surface area contributed by atoms with Gasteiger partial charge >= 0.3 is 0 Å². The highest BCUT2D eigenvalue weighted by molar-refractivity contribution is 6.33. The maximum absolute atomic E-state index is 8.95. The SMILES string of the molecule is COc1ccc(C=C(C)CO)c(Cl)c1OC. The smallest absolute Gasteiger partial charge is 0.179 e. The van der Waals surface area contributed by atoms with Crippen LogP contribution in [-0.4, -0.2) is 25.9 Å². The first-order chi connectivity index (χ1) is 7.63. The maximum Gasteiger partial charge on any atom is 0.179 e. The van der Waals surface area contributed by atoms with Gasteiger partial charge in [0.15, 0.2) is 11.5 Å². The number of hydrogen-bond donors (Lipinski definition) is 1. The van der Waals surface area contributed by atoms with E-state index < -0.39 is 0 Å². The number of benzene rings is 1. The Morgan fingerprint density at radius 2 is 2.06 bits per heavy atom. The van der Waals surface area contributed by atoms with Gasteiger partial charge in [-0.25, -0.2) is 0 Å². The fraction of sp³-hybridized carbons (Fsp3) is 0.333. The summed E-state index contributed by atoms with van der Waals surface area (Å²) >= 11 is 6.16. The van der Waals surface area contributed by atoms with Crippen LogP contribution in [0, 0.1) is 0 Å². The van der Waals surface area contributed by atoms with E-state index in [2.05, 4.69) is 0 Å². The van der Waals surface area contributed by atoms with Crippen molar-refractivity contribution in [1.82, 2.24) is 0 Å². The lowest BCUT2D eigenvalue weighted by molar-refractivity contribution is 0.332. The highest BCUT2D eigenvalue weighted by Crippen LogP contribution is 2.37. The van der Waals surface area contributed by atoms with Gasteiger partial charge in [0.2, 0.25) is 0 Å². The molecule has 0 saturated carbocycles. The van der Waals surface area contributed by atoms with Gasteiger partial charge in [-0.15, -0.1) is 0 Å². The average molecular weight is 243 g/mol. The Kier molecular flexibility index (Phi) is 4.65. The molecule has 0 spiro atoms. The van der Waals surface area contributed by atoms with Crippen molar-refractivity contribution < 1.29 is 14.6 Å². The summed E-state index contributed by atoms with van der Waals surface area (Å²) in [5.41, 5.74) is 1.62. The van der Waals surface area contributed by atoms with Crippen LogP contribution in [0.15, 0.2) is 17.7 Å². The normalized spacial score (nSPS) is 11.4. The average Bonchev–Trinajstić information content (AvgIpc) is 2.31. The molecule has 0 aliphatic rings. The molecule has 0 amide bonds. The fourth-order valence-corrected chi connectivity index (χ4v) is 1.61. The summed E-state index contributed by atoms with van der Waals surface area (Å²) in [5.74, 6) is 1.09. The fourth-order valence-electron chi connectivity index (χ4n) is 1.33. The van der Waals surface area contributed by atoms with Crippen LogP contribution in [0.4, 0.5) is 0 Å². The predicted molar refractivity (Wildman–Crippen MR) is 65.3 cm³/mol. The molecule has 0 aromatic heterocycles. The van der Waals surface area contributed by atoms with E-state index in [0.717, 1.165) is 11.1 Å². The molecule has 4 heteroatoms. The third kappa shape index (κ3) is 2.68. The first kappa shape index (κ1) is 12.9. The van der Waals surface area contributed by atoms with Crippen LogP contribution >= 0.6 is 11.6 Å². The van der Waals surface area contributed by atoms with Crippen molar-refractivity contribution in [3.05, 3.63) is 28.3 Å². The Labute approximate surface area is 100 Å². The van der Waals surface area contributed by atoms with Crippen LogP contribution in [0.25, 0.3) is 6.08 Å². The number of hydrogen-bond acceptors (Lipinski definition) is 3. The molecule has 1 aromatic rings. The number of halogens is 1. The number of rotatable bonds is 4. The van der Waals surface area contributed by atoms with Gasteiger partial charge in [0.25, 0.3) is 0 Å². The molecule has 0 bridgehead atoms. The van der Waals surface area contributed by atoms with Crippen molar-refractivity contribution in [3.8, 4) is 11.5 Å². The van der Waals surface area contributed by atoms with Gasteiger partial charge in [-0.2, -0.15) is 0 Å². The number of methoxy groups -OCH3 is 2. The van der Waals surface area contributed by atoms with E-state index in [1.807, 2.05) is 19.1 Å². The second kappa shape index (κ2) is 5.77. The minimum Gasteiger partial charge on any atom is -0.493 e. The quantitative estimate of drug-likeness (QED) is 0.883. The van der Waals surface area contributed by atoms with Gasteiger partial charge in [-0.05, 0) is 30.2 Å². The van der Waals surface area contributed by atoms with E-state index in [-0.39, 0.29) is 6.61 Å². The van der Waals surface area contributed by atoms with Crippen molar-refractivity contribution in [2.45, 2.75) is 6.92 Å². The molecule has 0 radical (unpaired) electrons. The Hall–Kier alpha value is -1.19. The maximum atomic E-state index is 8.95. The second-order valence-electron chi connectivity index (χ2n) is 3.35. The summed E-state index contributed by atoms with van der Waals surface area (Å²) < 4.78 is 10.3. The molecule has 1 rings (SSSR count). The lowest BCUT2D eigenvalue weighted by Crippen LogP contribution is -1.93. The summed E-state index contributed by atoms with van der Waals surface area (Å²) in [6.07, 6.45) is 1.81. The molecule has 0 unspecified atom stereocenters. The van der Waals surface area contributed by atoms with E-state index in [4.69, 9.17) is 26.2 Å². The highest BCUT2D eigenvalue weighted by Gasteiger charge is 2.11. The summed E-state index contributed by atoms with van der Waals surface area (Å²) in [6.45, 7) is 1.83. The predicted octanol–water partition coefficient (Wildman–Crippen LogP) is 2.75. The Morgan fingerprint density at radius 1 is 1.38 bits per heavy atom. The van der Waals surface area contributed by atoms with Crippen molar-refractivity contribution >= 4 is 17.7 Å². The van der Waals surface area contributed by atoms with Crippen LogP contribution in [0.1, 0.15) is 12.5 Å². The van der Waals surface area contributed by atoms with Crippen LogP contribution in [-0.2, 0) is 0 Å². The summed E-state index contributed by atoms with van der Waals surface area (Å²) in [4.78, 5) is 0. The molecule has 1 aromatic carbocycles. The van der Waals surface area contributed by atoms with Crippen LogP contribution in [0.3, 0.4) is 0 Å². The van der Waals surface area contributed by atoms with Gasteiger partial charge in [0, 0.05) is 0 Å². The third-order valence-electron chi connectivity index (χ3n) is 2.17. The Morgan fingerprint density at radius 3 is 2.56 bits per heavy atom. The molecule has 0 aliphatic carbocycles. The van der Waals surface area contributed by atoms with Crippen molar-refractivity contribution in [2.75, 3.05) is 20.8 Å². The monoisotopic (exact) mass is 242 g/mol. The molecular formula is C12H15ClO3. The van der Waals surface area contributed by atoms with Crippen LogP contribution in [0.2, 0.25) is 5.02 Å². The molecule has 1 N–H and O–H groups in total. The highest BCUT2D eigenvalue weighted by atomic mass is 35.5. The van der Waals surface area contributed by atoms with E-state index >= 15 is 0 Å². The minimum absolute atomic E-state index is 0.00464. The van der Waals surface area contributed by atoms with E-state index in [1.165, 1.54) is 7.11 Å². The summed E-state index contributed by atoms with van der Waals surface area (Å²) in [5, 5.41) is 9.43. The van der Waals surface area contributed by atoms with Gasteiger partial charge in [-0.1, -0.05) is 17.7 Å². The zero-order valence-corrected chi connectivity index (χ0v) is 10.3. The molecular weight excluding hydrogens is 228 g/mol. The first-order valence-corrected chi connectivity index (χ1v) is 5.20. The van der Waals surface area contributed by atoms with Crippen molar-refractivity contribution in [3.63, 3.8) is 0 Å². The summed E-state index contributed by atoms with van der Waals surface area (Å²) in [7, 11) is 3.10. The lowest BCUT2D eigenvalue weighted by atomic mass is 10.1. The van der Waals surface area contributed by atoms with Crippen LogP contribution in [0.5, 0.6) is 11.5 Å². The van der Waals surface area contributed by atoms with Gasteiger partial charge in [0.05, 0.1) is 25.8 Å². The van der Waals surface area contributed by atoms with Crippen molar-refractivity contribution in [1.29, 1.82) is 0 Å². The molecule has 0 atom stereocenters. The molecule has 0 saturated heterocycles. The van der Waals surface area contributed by atoms with Gasteiger partial charge in [-0.3, -0.25) is 0 Å². The Balaban J connectivity index is 3.24. The van der Waals surface area contributed by atoms with Crippen LogP contribution < -0.4 is 9.47 Å². The number of ether oxygens (including phenoxy) is 2. The zero-order chi connectivity index (χ0) is 12.1. The summed E-state index contributed by atoms with van der Waals surface area (Å²) in [6, 6.07) is 3.60. The number of aliphatic hydroxyl groups excluding tert-OH is 1. The minimum atomic E-state index is 0.00464. The lowest BCUT2D eigenvalue weighted by Gasteiger charge is -2.11. The van der Waals surface area contributed by atoms with Gasteiger partial charge in [0.1, 0.15) is 0 Å². The second-order valence-corrected chi connectivity index (χ2v) is 3.73. The van der Waals surface area contributed by atoms with Crippen molar-refractivity contribution in [2.24, 2.45) is 0 Å². The molecule has 3 nitrogen and oxygen atoms in total. The van der Waals surface area contributed by atoms with E-state index in [1.54, 1.807) is 13.2 Å². The van der Waals surface area contributed by atoms with Gasteiger partial charge < -0.3 is 14.6 Å². The molecule has 0 aliphatic heterocycles. The molecule has 0 fully saturated rings. The zero-order valence-electron chi connectivity index (χ0n) is 9.58. The molecule has 0 heterocycles. The first-order valence-electron chi connectivity index (χ1n) is 4.82. The Bertz CT molecular complexity index is 399. The van der Waals surface area contributed by atoms with E-state index in [0.29, 0.717) is 16.5 Å². The standard InChI is InChI=1S/C12H15ClO3/c1-8(7-14)6-9-4-5-10(15-2)12(16-3)11(9)13/h4-6,14H,7H2,1-3H3. The largest absolute Gasteiger partial charge is 0.493 e. The van der Waals surface area contributed by atoms with E-state index in [9.17, 15) is 0 Å². The third-order valence-corrected chi connectivity index (χ3v) is 2.56. The number of aliphatic hydroxyl groups is 1.